The summed E-state index contributed by atoms with van der Waals surface area (Å²) < 4.78 is 263. The molecule has 6 aromatic rings. The predicted molar refractivity (Wildman–Crippen MR) is 331 cm³/mol. The van der Waals surface area contributed by atoms with Crippen molar-refractivity contribution in [3.63, 3.8) is 0 Å². The Morgan fingerprint density at radius 3 is 1.13 bits per heavy atom. The van der Waals surface area contributed by atoms with Gasteiger partial charge >= 0.3 is 12.4 Å². The summed E-state index contributed by atoms with van der Waals surface area (Å²) in [5, 5.41) is 11.2. The van der Waals surface area contributed by atoms with E-state index in [2.05, 4.69) is 24.5 Å². The number of benzene rings is 3. The number of hydrogen-bond donors (Lipinski definition) is 0. The van der Waals surface area contributed by atoms with E-state index in [-0.39, 0.29) is 121 Å². The number of aromatic nitrogens is 3. The third-order valence-corrected chi connectivity index (χ3v) is 24.2. The van der Waals surface area contributed by atoms with Crippen LogP contribution >= 0.6 is 0 Å². The fourth-order valence-electron chi connectivity index (χ4n) is 12.8. The Morgan fingerprint density at radius 1 is 0.515 bits per heavy atom. The topological polar surface area (TPSA) is 269 Å². The summed E-state index contributed by atoms with van der Waals surface area (Å²) in [5.41, 5.74) is -0.454. The zero-order chi connectivity index (χ0) is 74.7. The highest BCUT2D eigenvalue weighted by atomic mass is 32.2. The number of alkyl halides is 12. The van der Waals surface area contributed by atoms with Gasteiger partial charge in [0.2, 0.25) is 11.5 Å². The van der Waals surface area contributed by atoms with Crippen LogP contribution < -0.4 is 14.2 Å². The molecule has 12 rings (SSSR count). The number of piperidine rings is 3. The number of likely N-dealkylation sites (tertiary alicyclic amines) is 3. The lowest BCUT2D eigenvalue weighted by Gasteiger charge is -2.25. The van der Waals surface area contributed by atoms with Crippen molar-refractivity contribution in [2.45, 2.75) is 161 Å². The molecule has 0 N–H and O–H groups in total. The van der Waals surface area contributed by atoms with Crippen molar-refractivity contribution in [1.82, 2.24) is 30.2 Å². The molecule has 6 fully saturated rings. The first-order chi connectivity index (χ1) is 46.5. The van der Waals surface area contributed by atoms with Crippen LogP contribution in [0.4, 0.5) is 52.7 Å². The molecule has 101 heavy (non-hydrogen) atoms. The van der Waals surface area contributed by atoms with Gasteiger partial charge in [-0.1, -0.05) is 29.3 Å². The lowest BCUT2D eigenvalue weighted by atomic mass is 9.98. The fraction of sp³-hybridized carbons (Fsp3) is 0.538. The average molecular weight is 1500 g/mol. The van der Waals surface area contributed by atoms with Crippen molar-refractivity contribution in [3.8, 4) is 17.2 Å². The molecule has 3 aromatic carbocycles. The molecule has 3 aliphatic heterocycles. The number of rotatable bonds is 20. The molecule has 3 aromatic heterocycles. The third-order valence-electron chi connectivity index (χ3n) is 19.6. The van der Waals surface area contributed by atoms with Crippen molar-refractivity contribution in [2.24, 2.45) is 17.8 Å². The van der Waals surface area contributed by atoms with Gasteiger partial charge < -0.3 is 42.5 Å². The van der Waals surface area contributed by atoms with Crippen molar-refractivity contribution in [1.29, 1.82) is 0 Å². The predicted octanol–water partition coefficient (Wildman–Crippen LogP) is 11.9. The summed E-state index contributed by atoms with van der Waals surface area (Å²) in [6, 6.07) is 12.2. The number of carbonyl (C=O) groups excluding carboxylic acids is 3. The second-order valence-electron chi connectivity index (χ2n) is 26.9. The van der Waals surface area contributed by atoms with Gasteiger partial charge in [-0.15, -0.1) is 0 Å². The lowest BCUT2D eigenvalue weighted by Crippen LogP contribution is -2.35. The van der Waals surface area contributed by atoms with Crippen LogP contribution in [0.1, 0.15) is 140 Å². The van der Waals surface area contributed by atoms with Gasteiger partial charge in [-0.3, -0.25) is 14.4 Å². The van der Waals surface area contributed by atoms with E-state index in [1.165, 1.54) is 60.9 Å². The SMILES string of the molecule is CCS(=O)(=O)c1ccc(O[C@@H](C)C(C)(F)F)c(C(=O)N2CC3CC3(c3cc(C(F)(F)F)on3)C2)c1.CCS(=O)(=O)c1ccc(O[C@H](C)C(C)(F)F)c(C(=O)N2CC3CC3(c3cc(C(F)(F)F)on3)C2)c1.Cc1conc1C12CC1CN(C(=O)c1cc(S(C)(=O)=O)ccc1O[C@@H](C)C(C)(F)F)C2. The van der Waals surface area contributed by atoms with Crippen molar-refractivity contribution >= 4 is 47.2 Å². The molecule has 3 amide bonds. The van der Waals surface area contributed by atoms with Gasteiger partial charge in [0.25, 0.3) is 35.5 Å². The van der Waals surface area contributed by atoms with Crippen LogP contribution in [0, 0.1) is 24.7 Å². The molecular weight excluding hydrogens is 1430 g/mol. The summed E-state index contributed by atoms with van der Waals surface area (Å²) in [4.78, 5) is 44.1. The smallest absolute Gasteiger partial charge is 0.452 e. The number of carbonyl (C=O) groups is 3. The zero-order valence-corrected chi connectivity index (χ0v) is 58.2. The third kappa shape index (κ3) is 15.3. The highest BCUT2D eigenvalue weighted by Crippen LogP contribution is 2.62. The van der Waals surface area contributed by atoms with E-state index in [1.54, 1.807) is 11.2 Å². The lowest BCUT2D eigenvalue weighted by molar-refractivity contribution is -0.156. The van der Waals surface area contributed by atoms with E-state index in [0.29, 0.717) is 39.8 Å². The first-order valence-electron chi connectivity index (χ1n) is 31.6. The average Bonchev–Trinajstić information content (AvgIpc) is 1.55. The molecule has 0 bridgehead atoms. The van der Waals surface area contributed by atoms with E-state index in [0.717, 1.165) is 81.1 Å². The number of hydrogen-bond acceptors (Lipinski definition) is 18. The van der Waals surface area contributed by atoms with Gasteiger partial charge in [-0.05, 0) is 119 Å². The normalized spacial score (nSPS) is 23.5. The summed E-state index contributed by atoms with van der Waals surface area (Å²) in [6.07, 6.45) is -9.64. The molecule has 0 radical (unpaired) electrons. The minimum atomic E-state index is -4.70. The van der Waals surface area contributed by atoms with Gasteiger partial charge in [0.1, 0.15) is 23.5 Å². The van der Waals surface area contributed by atoms with Crippen molar-refractivity contribution < 1.29 is 120 Å². The van der Waals surface area contributed by atoms with E-state index < -0.39 is 118 Å². The van der Waals surface area contributed by atoms with E-state index in [4.69, 9.17) is 18.7 Å². The second-order valence-corrected chi connectivity index (χ2v) is 33.5. The molecule has 6 heterocycles. The molecule has 0 spiro atoms. The Kier molecular flexibility index (Phi) is 19.6. The van der Waals surface area contributed by atoms with Crippen LogP contribution in [0.25, 0.3) is 0 Å². The van der Waals surface area contributed by atoms with Crippen LogP contribution in [-0.2, 0) is 58.1 Å². The van der Waals surface area contributed by atoms with Crippen LogP contribution in [0.5, 0.6) is 17.2 Å². The van der Waals surface area contributed by atoms with Crippen molar-refractivity contribution in [3.05, 3.63) is 124 Å². The molecular formula is C65H70F12N6O15S3. The molecule has 3 saturated carbocycles. The second kappa shape index (κ2) is 26.1. The molecule has 6 aliphatic rings. The molecule has 3 saturated heterocycles. The fourth-order valence-corrected chi connectivity index (χ4v) is 15.3. The molecule has 3 aliphatic carbocycles. The van der Waals surface area contributed by atoms with Gasteiger partial charge in [0, 0.05) is 100 Å². The molecule has 6 unspecified atom stereocenters. The number of ether oxygens (including phenoxy) is 3. The standard InChI is InChI=1S/2C22H23F5N2O5S.C21H24F2N2O5S/c2*1-4-35(31,32)14-5-6-16(33-12(2)20(3,23)24)15(7-14)19(30)29-10-13-9-21(13,11-29)17-8-18(34-28-17)22(25,26)27;1-12-10-29-24-18(12)21-8-14(21)9-25(11-21)19(26)16-7-15(31(4,27)28)5-6-17(16)30-13(2)20(3,22)23/h2*5-8,12-13H,4,9-11H2,1-3H3;5-7,10,13-14H,8-9,11H2,1-4H3/t2*12-,13?,21?;13-,14?,21?/m100/s1. The summed E-state index contributed by atoms with van der Waals surface area (Å²) in [6.45, 7) is 11.5. The largest absolute Gasteiger partial charge is 0.484 e. The van der Waals surface area contributed by atoms with Crippen LogP contribution in [-0.4, -0.2) is 166 Å². The summed E-state index contributed by atoms with van der Waals surface area (Å²) in [5.74, 6) is -15.0. The maximum atomic E-state index is 13.7. The van der Waals surface area contributed by atoms with Crippen LogP contribution in [0.2, 0.25) is 0 Å². The zero-order valence-electron chi connectivity index (χ0n) is 55.7. The number of aryl methyl sites for hydroxylation is 1. The number of fused-ring (bicyclic) bond motifs is 3. The number of sulfone groups is 3. The molecule has 21 nitrogen and oxygen atoms in total. The quantitative estimate of drug-likeness (QED) is 0.0643. The van der Waals surface area contributed by atoms with E-state index in [1.807, 2.05) is 6.92 Å². The summed E-state index contributed by atoms with van der Waals surface area (Å²) in [7, 11) is -11.1. The van der Waals surface area contributed by atoms with E-state index >= 15 is 0 Å². The Labute approximate surface area is 571 Å². The van der Waals surface area contributed by atoms with Crippen molar-refractivity contribution in [2.75, 3.05) is 57.0 Å². The minimum Gasteiger partial charge on any atom is -0.484 e. The van der Waals surface area contributed by atoms with Gasteiger partial charge in [0.05, 0.1) is 60.0 Å². The van der Waals surface area contributed by atoms with Gasteiger partial charge in [-0.25, -0.2) is 51.6 Å². The number of halogens is 12. The first kappa shape index (κ1) is 75.8. The highest BCUT2D eigenvalue weighted by Gasteiger charge is 2.66. The van der Waals surface area contributed by atoms with Crippen LogP contribution in [0.15, 0.2) is 101 Å². The Hall–Kier alpha value is -7.89. The van der Waals surface area contributed by atoms with Crippen LogP contribution in [0.3, 0.4) is 0 Å². The molecule has 9 atom stereocenters. The number of amides is 3. The van der Waals surface area contributed by atoms with E-state index in [9.17, 15) is 92.3 Å². The van der Waals surface area contributed by atoms with Gasteiger partial charge in [0.15, 0.2) is 47.8 Å². The maximum Gasteiger partial charge on any atom is 0.452 e. The Morgan fingerprint density at radius 2 is 0.832 bits per heavy atom. The summed E-state index contributed by atoms with van der Waals surface area (Å²) >= 11 is 0. The monoisotopic (exact) mass is 1500 g/mol. The van der Waals surface area contributed by atoms with Gasteiger partial charge in [-0.2, -0.15) is 26.3 Å². The molecule has 552 valence electrons. The number of nitrogens with zero attached hydrogens (tertiary/aromatic N) is 6. The minimum absolute atomic E-state index is 0.0179. The Balaban J connectivity index is 0.000000164. The molecule has 36 heteroatoms. The first-order valence-corrected chi connectivity index (χ1v) is 36.8. The highest BCUT2D eigenvalue weighted by molar-refractivity contribution is 7.91. The maximum absolute atomic E-state index is 13.7. The Bertz CT molecular complexity index is 4350.